The van der Waals surface area contributed by atoms with Gasteiger partial charge in [0.05, 0.1) is 6.10 Å². The van der Waals surface area contributed by atoms with Gasteiger partial charge in [-0.2, -0.15) is 0 Å². The second-order valence-corrected chi connectivity index (χ2v) is 7.29. The van der Waals surface area contributed by atoms with Crippen LogP contribution in [0.15, 0.2) is 24.3 Å². The van der Waals surface area contributed by atoms with Crippen molar-refractivity contribution in [3.63, 3.8) is 0 Å². The lowest BCUT2D eigenvalue weighted by atomic mass is 9.90. The van der Waals surface area contributed by atoms with Crippen LogP contribution in [0, 0.1) is 5.92 Å². The molecule has 1 aromatic rings. The molecule has 1 saturated heterocycles. The average Bonchev–Trinajstić information content (AvgIpc) is 3.06. The van der Waals surface area contributed by atoms with Crippen LogP contribution in [0.4, 0.5) is 0 Å². The average molecular weight is 371 g/mol. The first-order chi connectivity index (χ1) is 11.4. The predicted octanol–water partition coefficient (Wildman–Crippen LogP) is 3.16. The molecule has 0 radical (unpaired) electrons. The van der Waals surface area contributed by atoms with Crippen molar-refractivity contribution in [3.8, 4) is 5.75 Å². The number of rotatable bonds is 8. The fraction of sp³-hybridized carbons (Fsp3) is 0.632. The fourth-order valence-corrected chi connectivity index (χ4v) is 3.12. The van der Waals surface area contributed by atoms with E-state index < -0.39 is 5.54 Å². The molecular weight excluding hydrogens is 340 g/mol. The molecule has 0 saturated carbocycles. The van der Waals surface area contributed by atoms with E-state index >= 15 is 0 Å². The van der Waals surface area contributed by atoms with E-state index in [0.717, 1.165) is 25.9 Å². The predicted molar refractivity (Wildman–Crippen MR) is 103 cm³/mol. The molecule has 25 heavy (non-hydrogen) atoms. The first kappa shape index (κ1) is 21.7. The standard InChI is InChI=1S/C19H30N2O3.ClH/c1-14(2)11-19(3,13-20)21-18(22)15-6-4-7-16(10-15)24-12-17-8-5-9-23-17;/h4,6-7,10,14,17H,5,8-9,11-13,20H2,1-3H3,(H,21,22);1H. The molecule has 0 bridgehead atoms. The lowest BCUT2D eigenvalue weighted by Gasteiger charge is -2.31. The first-order valence-corrected chi connectivity index (χ1v) is 8.79. The van der Waals surface area contributed by atoms with Crippen LogP contribution in [0.2, 0.25) is 0 Å². The summed E-state index contributed by atoms with van der Waals surface area (Å²) in [6.45, 7) is 7.98. The topological polar surface area (TPSA) is 73.6 Å². The quantitative estimate of drug-likeness (QED) is 0.737. The molecule has 3 N–H and O–H groups in total. The number of benzene rings is 1. The van der Waals surface area contributed by atoms with Gasteiger partial charge in [-0.3, -0.25) is 4.79 Å². The molecule has 1 heterocycles. The third kappa shape index (κ3) is 6.84. The molecule has 2 atom stereocenters. The van der Waals surface area contributed by atoms with E-state index in [0.29, 0.717) is 30.4 Å². The molecule has 1 aliphatic rings. The van der Waals surface area contributed by atoms with E-state index in [1.54, 1.807) is 12.1 Å². The molecule has 2 rings (SSSR count). The van der Waals surface area contributed by atoms with E-state index in [9.17, 15) is 4.79 Å². The van der Waals surface area contributed by atoms with Crippen molar-refractivity contribution in [1.29, 1.82) is 0 Å². The molecule has 1 aromatic carbocycles. The Morgan fingerprint density at radius 1 is 1.48 bits per heavy atom. The van der Waals surface area contributed by atoms with E-state index in [4.69, 9.17) is 15.2 Å². The van der Waals surface area contributed by atoms with Gasteiger partial charge in [0.25, 0.3) is 5.91 Å². The summed E-state index contributed by atoms with van der Waals surface area (Å²) in [4.78, 5) is 12.6. The van der Waals surface area contributed by atoms with Gasteiger partial charge in [-0.15, -0.1) is 12.4 Å². The maximum absolute atomic E-state index is 12.6. The maximum atomic E-state index is 12.6. The minimum Gasteiger partial charge on any atom is -0.491 e. The van der Waals surface area contributed by atoms with E-state index in [1.807, 2.05) is 19.1 Å². The molecule has 1 amide bonds. The molecule has 142 valence electrons. The number of ether oxygens (including phenoxy) is 2. The van der Waals surface area contributed by atoms with Crippen LogP contribution in [0.1, 0.15) is 50.4 Å². The van der Waals surface area contributed by atoms with Crippen LogP contribution < -0.4 is 15.8 Å². The number of amides is 1. The highest BCUT2D eigenvalue weighted by atomic mass is 35.5. The van der Waals surface area contributed by atoms with Gasteiger partial charge in [0.15, 0.2) is 0 Å². The fourth-order valence-electron chi connectivity index (χ4n) is 3.12. The van der Waals surface area contributed by atoms with Crippen molar-refractivity contribution in [2.45, 2.75) is 51.7 Å². The number of hydrogen-bond donors (Lipinski definition) is 2. The number of hydrogen-bond acceptors (Lipinski definition) is 4. The number of nitrogens with two attached hydrogens (primary N) is 1. The lowest BCUT2D eigenvalue weighted by Crippen LogP contribution is -2.52. The van der Waals surface area contributed by atoms with Crippen molar-refractivity contribution in [1.82, 2.24) is 5.32 Å². The van der Waals surface area contributed by atoms with Gasteiger partial charge in [0, 0.05) is 24.3 Å². The van der Waals surface area contributed by atoms with E-state index in [1.165, 1.54) is 0 Å². The number of halogens is 1. The molecule has 1 aliphatic heterocycles. The number of carbonyl (C=O) groups is 1. The summed E-state index contributed by atoms with van der Waals surface area (Å²) in [5.74, 6) is 1.03. The monoisotopic (exact) mass is 370 g/mol. The summed E-state index contributed by atoms with van der Waals surface area (Å²) in [6.07, 6.45) is 3.12. The highest BCUT2D eigenvalue weighted by Crippen LogP contribution is 2.19. The van der Waals surface area contributed by atoms with Crippen LogP contribution >= 0.6 is 12.4 Å². The Bertz CT molecular complexity index is 547. The molecule has 0 aliphatic carbocycles. The van der Waals surface area contributed by atoms with Crippen LogP contribution in [0.3, 0.4) is 0 Å². The van der Waals surface area contributed by atoms with Gasteiger partial charge in [-0.05, 0) is 50.3 Å². The zero-order valence-electron chi connectivity index (χ0n) is 15.4. The first-order valence-electron chi connectivity index (χ1n) is 8.79. The molecular formula is C19H31ClN2O3. The Labute approximate surface area is 157 Å². The van der Waals surface area contributed by atoms with Crippen molar-refractivity contribution in [2.24, 2.45) is 11.7 Å². The van der Waals surface area contributed by atoms with E-state index in [2.05, 4.69) is 19.2 Å². The largest absolute Gasteiger partial charge is 0.491 e. The highest BCUT2D eigenvalue weighted by molar-refractivity contribution is 5.95. The van der Waals surface area contributed by atoms with Crippen molar-refractivity contribution < 1.29 is 14.3 Å². The van der Waals surface area contributed by atoms with Crippen molar-refractivity contribution >= 4 is 18.3 Å². The molecule has 0 spiro atoms. The summed E-state index contributed by atoms with van der Waals surface area (Å²) in [5.41, 5.74) is 6.06. The summed E-state index contributed by atoms with van der Waals surface area (Å²) in [7, 11) is 0. The van der Waals surface area contributed by atoms with Crippen LogP contribution in [0.5, 0.6) is 5.75 Å². The lowest BCUT2D eigenvalue weighted by molar-refractivity contribution is 0.0679. The third-order valence-electron chi connectivity index (χ3n) is 4.28. The van der Waals surface area contributed by atoms with Gasteiger partial charge in [0.2, 0.25) is 0 Å². The Kier molecular flexibility index (Phi) is 8.69. The van der Waals surface area contributed by atoms with Gasteiger partial charge >= 0.3 is 0 Å². The minimum absolute atomic E-state index is 0. The number of carbonyl (C=O) groups excluding carboxylic acids is 1. The van der Waals surface area contributed by atoms with Crippen LogP contribution in [0.25, 0.3) is 0 Å². The Hall–Kier alpha value is -1.30. The summed E-state index contributed by atoms with van der Waals surface area (Å²) in [6, 6.07) is 7.27. The third-order valence-corrected chi connectivity index (χ3v) is 4.28. The summed E-state index contributed by atoms with van der Waals surface area (Å²) >= 11 is 0. The Balaban J connectivity index is 0.00000312. The molecule has 6 heteroatoms. The second kappa shape index (κ2) is 10.00. The second-order valence-electron chi connectivity index (χ2n) is 7.29. The summed E-state index contributed by atoms with van der Waals surface area (Å²) < 4.78 is 11.3. The molecule has 2 unspecified atom stereocenters. The van der Waals surface area contributed by atoms with Crippen LogP contribution in [-0.2, 0) is 4.74 Å². The van der Waals surface area contributed by atoms with Crippen LogP contribution in [-0.4, -0.2) is 37.3 Å². The van der Waals surface area contributed by atoms with Crippen molar-refractivity contribution in [3.05, 3.63) is 29.8 Å². The van der Waals surface area contributed by atoms with Crippen molar-refractivity contribution in [2.75, 3.05) is 19.8 Å². The van der Waals surface area contributed by atoms with Gasteiger partial charge in [-0.25, -0.2) is 0 Å². The van der Waals surface area contributed by atoms with Gasteiger partial charge in [-0.1, -0.05) is 19.9 Å². The van der Waals surface area contributed by atoms with E-state index in [-0.39, 0.29) is 24.4 Å². The Morgan fingerprint density at radius 2 is 2.24 bits per heavy atom. The molecule has 5 nitrogen and oxygen atoms in total. The zero-order valence-corrected chi connectivity index (χ0v) is 16.2. The minimum atomic E-state index is -0.403. The van der Waals surface area contributed by atoms with Gasteiger partial charge in [0.1, 0.15) is 12.4 Å². The summed E-state index contributed by atoms with van der Waals surface area (Å²) in [5, 5.41) is 3.07. The highest BCUT2D eigenvalue weighted by Gasteiger charge is 2.26. The smallest absolute Gasteiger partial charge is 0.251 e. The maximum Gasteiger partial charge on any atom is 0.251 e. The molecule has 1 fully saturated rings. The SMILES string of the molecule is CC(C)CC(C)(CN)NC(=O)c1cccc(OCC2CCCO2)c1.Cl. The zero-order chi connectivity index (χ0) is 17.6. The molecule has 0 aromatic heterocycles. The van der Waals surface area contributed by atoms with Gasteiger partial charge < -0.3 is 20.5 Å². The normalized spacial score (nSPS) is 19.2. The number of nitrogens with one attached hydrogen (secondary N) is 1. The Morgan fingerprint density at radius 3 is 2.84 bits per heavy atom.